The Hall–Kier alpha value is -2.34. The summed E-state index contributed by atoms with van der Waals surface area (Å²) < 4.78 is 5.54. The standard InChI is InChI=1S/C21H26N2O3S/c1-21(2,3)26-20(25)23-12-11-17(22-19(24)18-10-7-13-27-18)16(14-23)15-8-5-4-6-9-15/h4-10,13,16-17H,11-12,14H2,1-3H3,(H,22,24). The van der Waals surface area contributed by atoms with Gasteiger partial charge in [-0.15, -0.1) is 11.3 Å². The summed E-state index contributed by atoms with van der Waals surface area (Å²) in [6, 6.07) is 13.7. The van der Waals surface area contributed by atoms with E-state index in [9.17, 15) is 9.59 Å². The number of piperidine rings is 1. The van der Waals surface area contributed by atoms with E-state index in [0.717, 1.165) is 5.56 Å². The van der Waals surface area contributed by atoms with Crippen LogP contribution in [0.25, 0.3) is 0 Å². The Morgan fingerprint density at radius 3 is 2.52 bits per heavy atom. The van der Waals surface area contributed by atoms with Gasteiger partial charge in [0.15, 0.2) is 0 Å². The van der Waals surface area contributed by atoms with Crippen LogP contribution in [0.4, 0.5) is 4.79 Å². The van der Waals surface area contributed by atoms with Crippen molar-refractivity contribution in [3.63, 3.8) is 0 Å². The van der Waals surface area contributed by atoms with Crippen molar-refractivity contribution < 1.29 is 14.3 Å². The van der Waals surface area contributed by atoms with Gasteiger partial charge in [-0.1, -0.05) is 36.4 Å². The van der Waals surface area contributed by atoms with E-state index < -0.39 is 5.60 Å². The number of amides is 2. The molecule has 1 fully saturated rings. The van der Waals surface area contributed by atoms with Crippen LogP contribution < -0.4 is 5.32 Å². The van der Waals surface area contributed by atoms with Crippen LogP contribution in [-0.4, -0.2) is 41.6 Å². The molecule has 144 valence electrons. The van der Waals surface area contributed by atoms with E-state index in [0.29, 0.717) is 24.4 Å². The summed E-state index contributed by atoms with van der Waals surface area (Å²) in [7, 11) is 0. The average Bonchev–Trinajstić information content (AvgIpc) is 3.16. The SMILES string of the molecule is CC(C)(C)OC(=O)N1CCC(NC(=O)c2cccs2)C(c2ccccc2)C1. The maximum Gasteiger partial charge on any atom is 0.410 e. The van der Waals surface area contributed by atoms with Gasteiger partial charge in [0.2, 0.25) is 0 Å². The molecule has 0 saturated carbocycles. The third-order valence-corrected chi connectivity index (χ3v) is 5.42. The van der Waals surface area contributed by atoms with Crippen molar-refractivity contribution in [3.8, 4) is 0 Å². The minimum absolute atomic E-state index is 0.0244. The van der Waals surface area contributed by atoms with Crippen molar-refractivity contribution in [1.29, 1.82) is 0 Å². The minimum Gasteiger partial charge on any atom is -0.444 e. The molecule has 0 spiro atoms. The number of hydrogen-bond donors (Lipinski definition) is 1. The lowest BCUT2D eigenvalue weighted by Gasteiger charge is -2.39. The number of nitrogens with zero attached hydrogens (tertiary/aromatic N) is 1. The highest BCUT2D eigenvalue weighted by Crippen LogP contribution is 2.29. The number of thiophene rings is 1. The zero-order chi connectivity index (χ0) is 19.4. The molecule has 2 unspecified atom stereocenters. The Morgan fingerprint density at radius 1 is 1.15 bits per heavy atom. The summed E-state index contributed by atoms with van der Waals surface area (Å²) in [5.74, 6) is -0.0296. The molecule has 1 N–H and O–H groups in total. The van der Waals surface area contributed by atoms with Crippen molar-refractivity contribution in [1.82, 2.24) is 10.2 Å². The fraction of sp³-hybridized carbons (Fsp3) is 0.429. The largest absolute Gasteiger partial charge is 0.444 e. The van der Waals surface area contributed by atoms with Crippen LogP contribution in [0.3, 0.4) is 0 Å². The first-order valence-corrected chi connectivity index (χ1v) is 10.1. The quantitative estimate of drug-likeness (QED) is 0.857. The second-order valence-electron chi connectivity index (χ2n) is 7.79. The molecule has 27 heavy (non-hydrogen) atoms. The van der Waals surface area contributed by atoms with Gasteiger partial charge in [-0.05, 0) is 44.2 Å². The Morgan fingerprint density at radius 2 is 1.89 bits per heavy atom. The van der Waals surface area contributed by atoms with Gasteiger partial charge in [-0.3, -0.25) is 4.79 Å². The fourth-order valence-corrected chi connectivity index (χ4v) is 3.93. The van der Waals surface area contributed by atoms with Gasteiger partial charge in [0.05, 0.1) is 4.88 Å². The lowest BCUT2D eigenvalue weighted by atomic mass is 9.86. The highest BCUT2D eigenvalue weighted by atomic mass is 32.1. The number of ether oxygens (including phenoxy) is 1. The first-order chi connectivity index (χ1) is 12.8. The molecular weight excluding hydrogens is 360 g/mol. The van der Waals surface area contributed by atoms with E-state index in [2.05, 4.69) is 5.32 Å². The molecule has 5 nitrogen and oxygen atoms in total. The zero-order valence-corrected chi connectivity index (χ0v) is 16.8. The van der Waals surface area contributed by atoms with Crippen LogP contribution in [0.1, 0.15) is 48.3 Å². The molecule has 1 saturated heterocycles. The molecule has 0 radical (unpaired) electrons. The highest BCUT2D eigenvalue weighted by molar-refractivity contribution is 7.12. The summed E-state index contributed by atoms with van der Waals surface area (Å²) >= 11 is 1.43. The summed E-state index contributed by atoms with van der Waals surface area (Å²) in [5, 5.41) is 5.07. The summed E-state index contributed by atoms with van der Waals surface area (Å²) in [6.07, 6.45) is 0.391. The average molecular weight is 387 g/mol. The third-order valence-electron chi connectivity index (χ3n) is 4.55. The second-order valence-corrected chi connectivity index (χ2v) is 8.74. The molecule has 3 rings (SSSR count). The maximum atomic E-state index is 12.5. The van der Waals surface area contributed by atoms with Gasteiger partial charge >= 0.3 is 6.09 Å². The number of likely N-dealkylation sites (tertiary alicyclic amines) is 1. The van der Waals surface area contributed by atoms with Crippen LogP contribution >= 0.6 is 11.3 Å². The summed E-state index contributed by atoms with van der Waals surface area (Å²) in [6.45, 7) is 6.69. The predicted molar refractivity (Wildman–Crippen MR) is 107 cm³/mol. The number of rotatable bonds is 3. The second kappa shape index (κ2) is 8.13. The molecule has 2 amide bonds. The molecule has 1 aliphatic heterocycles. The van der Waals surface area contributed by atoms with E-state index >= 15 is 0 Å². The van der Waals surface area contributed by atoms with Crippen molar-refractivity contribution in [2.24, 2.45) is 0 Å². The summed E-state index contributed by atoms with van der Waals surface area (Å²) in [5.41, 5.74) is 0.589. The molecule has 2 aromatic rings. The lowest BCUT2D eigenvalue weighted by molar-refractivity contribution is 0.0177. The van der Waals surface area contributed by atoms with E-state index in [1.807, 2.05) is 68.6 Å². The zero-order valence-electron chi connectivity index (χ0n) is 16.0. The molecule has 0 bridgehead atoms. The van der Waals surface area contributed by atoms with Crippen LogP contribution in [0.15, 0.2) is 47.8 Å². The molecule has 0 aliphatic carbocycles. The molecule has 1 aliphatic rings. The molecule has 1 aromatic carbocycles. The monoisotopic (exact) mass is 386 g/mol. The number of carbonyl (C=O) groups excluding carboxylic acids is 2. The molecular formula is C21H26N2O3S. The number of benzene rings is 1. The van der Waals surface area contributed by atoms with Crippen molar-refractivity contribution in [3.05, 3.63) is 58.3 Å². The van der Waals surface area contributed by atoms with Crippen molar-refractivity contribution in [2.75, 3.05) is 13.1 Å². The van der Waals surface area contributed by atoms with E-state index in [-0.39, 0.29) is 24.0 Å². The maximum absolute atomic E-state index is 12.5. The number of hydrogen-bond acceptors (Lipinski definition) is 4. The van der Waals surface area contributed by atoms with Gasteiger partial charge < -0.3 is 15.0 Å². The fourth-order valence-electron chi connectivity index (χ4n) is 3.30. The molecule has 2 atom stereocenters. The molecule has 1 aromatic heterocycles. The third kappa shape index (κ3) is 5.10. The van der Waals surface area contributed by atoms with Gasteiger partial charge in [0.1, 0.15) is 5.60 Å². The number of nitrogens with one attached hydrogen (secondary N) is 1. The van der Waals surface area contributed by atoms with Crippen LogP contribution in [0.5, 0.6) is 0 Å². The van der Waals surface area contributed by atoms with E-state index in [4.69, 9.17) is 4.74 Å². The minimum atomic E-state index is -0.524. The Labute approximate surface area is 164 Å². The van der Waals surface area contributed by atoms with Gasteiger partial charge in [0.25, 0.3) is 5.91 Å². The van der Waals surface area contributed by atoms with Crippen molar-refractivity contribution in [2.45, 2.75) is 44.8 Å². The smallest absolute Gasteiger partial charge is 0.410 e. The Balaban J connectivity index is 1.76. The van der Waals surface area contributed by atoms with Gasteiger partial charge in [-0.25, -0.2) is 4.79 Å². The van der Waals surface area contributed by atoms with Gasteiger partial charge in [-0.2, -0.15) is 0 Å². The molecule has 6 heteroatoms. The molecule has 2 heterocycles. The lowest BCUT2D eigenvalue weighted by Crippen LogP contribution is -2.52. The van der Waals surface area contributed by atoms with Crippen LogP contribution in [0.2, 0.25) is 0 Å². The topological polar surface area (TPSA) is 58.6 Å². The van der Waals surface area contributed by atoms with Crippen LogP contribution in [-0.2, 0) is 4.74 Å². The first kappa shape index (κ1) is 19.4. The Kier molecular flexibility index (Phi) is 5.85. The van der Waals surface area contributed by atoms with Gasteiger partial charge in [0, 0.05) is 25.0 Å². The normalized spacial score (nSPS) is 20.2. The van der Waals surface area contributed by atoms with Crippen molar-refractivity contribution >= 4 is 23.3 Å². The number of carbonyl (C=O) groups is 2. The predicted octanol–water partition coefficient (Wildman–Crippen LogP) is 4.27. The first-order valence-electron chi connectivity index (χ1n) is 9.21. The van der Waals surface area contributed by atoms with E-state index in [1.54, 1.807) is 4.90 Å². The highest BCUT2D eigenvalue weighted by Gasteiger charge is 2.35. The van der Waals surface area contributed by atoms with E-state index in [1.165, 1.54) is 11.3 Å². The Bertz CT molecular complexity index is 768. The van der Waals surface area contributed by atoms with Crippen LogP contribution in [0, 0.1) is 0 Å². The summed E-state index contributed by atoms with van der Waals surface area (Å²) in [4.78, 5) is 27.5.